The quantitative estimate of drug-likeness (QED) is 0.883. The molecule has 3 rings (SSSR count). The molecule has 0 spiro atoms. The van der Waals surface area contributed by atoms with E-state index in [0.29, 0.717) is 30.4 Å². The second kappa shape index (κ2) is 6.01. The first-order valence-corrected chi connectivity index (χ1v) is 7.47. The molecule has 1 aromatic heterocycles. The smallest absolute Gasteiger partial charge is 0.248 e. The molecular formula is C16H15NO3S. The van der Waals surface area contributed by atoms with Crippen molar-refractivity contribution in [2.24, 2.45) is 0 Å². The third-order valence-corrected chi connectivity index (χ3v) is 3.94. The number of hydrogen-bond acceptors (Lipinski definition) is 4. The Labute approximate surface area is 127 Å². The van der Waals surface area contributed by atoms with Crippen LogP contribution in [0.1, 0.15) is 9.75 Å². The third-order valence-electron chi connectivity index (χ3n) is 2.97. The van der Waals surface area contributed by atoms with Crippen LogP contribution in [0.3, 0.4) is 0 Å². The summed E-state index contributed by atoms with van der Waals surface area (Å²) in [6.07, 6.45) is 3.34. The first-order valence-electron chi connectivity index (χ1n) is 6.66. The van der Waals surface area contributed by atoms with E-state index in [1.54, 1.807) is 29.5 Å². The normalized spacial score (nSPS) is 13.4. The van der Waals surface area contributed by atoms with Gasteiger partial charge in [-0.25, -0.2) is 0 Å². The molecule has 1 aromatic carbocycles. The summed E-state index contributed by atoms with van der Waals surface area (Å²) in [6, 6.07) is 9.40. The van der Waals surface area contributed by atoms with Crippen molar-refractivity contribution < 1.29 is 14.3 Å². The summed E-state index contributed by atoms with van der Waals surface area (Å²) in [5.41, 5.74) is 0.691. The average molecular weight is 301 g/mol. The van der Waals surface area contributed by atoms with E-state index in [9.17, 15) is 4.79 Å². The van der Waals surface area contributed by atoms with Gasteiger partial charge in [0.1, 0.15) is 13.2 Å². The van der Waals surface area contributed by atoms with Gasteiger partial charge in [0.05, 0.1) is 0 Å². The van der Waals surface area contributed by atoms with Crippen molar-refractivity contribution in [1.29, 1.82) is 0 Å². The first-order chi connectivity index (χ1) is 10.2. The van der Waals surface area contributed by atoms with Crippen LogP contribution in [0.15, 0.2) is 36.4 Å². The Morgan fingerprint density at radius 1 is 1.19 bits per heavy atom. The van der Waals surface area contributed by atoms with Gasteiger partial charge in [-0.3, -0.25) is 4.79 Å². The van der Waals surface area contributed by atoms with E-state index >= 15 is 0 Å². The molecule has 21 heavy (non-hydrogen) atoms. The molecule has 2 heterocycles. The zero-order valence-electron chi connectivity index (χ0n) is 11.6. The van der Waals surface area contributed by atoms with Crippen LogP contribution in [-0.2, 0) is 4.79 Å². The highest BCUT2D eigenvalue weighted by Crippen LogP contribution is 2.32. The lowest BCUT2D eigenvalue weighted by Gasteiger charge is -2.18. The number of rotatable bonds is 3. The molecule has 0 saturated carbocycles. The van der Waals surface area contributed by atoms with Gasteiger partial charge in [0.2, 0.25) is 5.91 Å². The van der Waals surface area contributed by atoms with Gasteiger partial charge in [0, 0.05) is 27.6 Å². The molecular weight excluding hydrogens is 286 g/mol. The van der Waals surface area contributed by atoms with E-state index in [1.165, 1.54) is 11.0 Å². The van der Waals surface area contributed by atoms with E-state index < -0.39 is 0 Å². The number of fused-ring (bicyclic) bond motifs is 1. The van der Waals surface area contributed by atoms with Crippen LogP contribution in [0.2, 0.25) is 0 Å². The summed E-state index contributed by atoms with van der Waals surface area (Å²) >= 11 is 1.65. The van der Waals surface area contributed by atoms with Crippen LogP contribution < -0.4 is 14.8 Å². The van der Waals surface area contributed by atoms with Crippen molar-refractivity contribution in [2.45, 2.75) is 6.92 Å². The maximum Gasteiger partial charge on any atom is 0.248 e. The van der Waals surface area contributed by atoms with E-state index in [2.05, 4.69) is 5.32 Å². The van der Waals surface area contributed by atoms with Crippen LogP contribution in [0.5, 0.6) is 11.5 Å². The van der Waals surface area contributed by atoms with Crippen LogP contribution in [0, 0.1) is 6.92 Å². The van der Waals surface area contributed by atoms with Crippen LogP contribution >= 0.6 is 11.3 Å². The maximum atomic E-state index is 11.9. The number of carbonyl (C=O) groups excluding carboxylic acids is 1. The highest BCUT2D eigenvalue weighted by Gasteiger charge is 2.12. The highest BCUT2D eigenvalue weighted by molar-refractivity contribution is 7.12. The van der Waals surface area contributed by atoms with Crippen LogP contribution in [0.25, 0.3) is 6.08 Å². The summed E-state index contributed by atoms with van der Waals surface area (Å²) < 4.78 is 10.9. The number of carbonyl (C=O) groups is 1. The summed E-state index contributed by atoms with van der Waals surface area (Å²) in [5.74, 6) is 1.21. The Kier molecular flexibility index (Phi) is 3.92. The Balaban J connectivity index is 1.66. The molecule has 1 aliphatic heterocycles. The number of aryl methyl sites for hydroxylation is 1. The summed E-state index contributed by atoms with van der Waals surface area (Å²) in [5, 5.41) is 2.81. The Bertz CT molecular complexity index is 691. The molecule has 1 aliphatic rings. The standard InChI is InChI=1S/C16H15NO3S/c1-11-2-4-13(21-11)5-7-16(18)17-12-3-6-14-15(10-12)20-9-8-19-14/h2-7,10H,8-9H2,1H3,(H,17,18). The van der Waals surface area contributed by atoms with Gasteiger partial charge in [-0.05, 0) is 37.3 Å². The van der Waals surface area contributed by atoms with Crippen LogP contribution in [-0.4, -0.2) is 19.1 Å². The second-order valence-electron chi connectivity index (χ2n) is 4.63. The van der Waals surface area contributed by atoms with Gasteiger partial charge in [0.15, 0.2) is 11.5 Å². The molecule has 0 aliphatic carbocycles. The number of nitrogens with one attached hydrogen (secondary N) is 1. The molecule has 5 heteroatoms. The molecule has 2 aromatic rings. The van der Waals surface area contributed by atoms with Crippen molar-refractivity contribution in [2.75, 3.05) is 18.5 Å². The largest absolute Gasteiger partial charge is 0.486 e. The van der Waals surface area contributed by atoms with Gasteiger partial charge in [-0.15, -0.1) is 11.3 Å². The lowest BCUT2D eigenvalue weighted by Crippen LogP contribution is -2.16. The summed E-state index contributed by atoms with van der Waals surface area (Å²) in [6.45, 7) is 3.13. The number of hydrogen-bond donors (Lipinski definition) is 1. The Morgan fingerprint density at radius 2 is 2.00 bits per heavy atom. The maximum absolute atomic E-state index is 11.9. The minimum Gasteiger partial charge on any atom is -0.486 e. The lowest BCUT2D eigenvalue weighted by molar-refractivity contribution is -0.111. The average Bonchev–Trinajstić information content (AvgIpc) is 2.91. The topological polar surface area (TPSA) is 47.6 Å². The molecule has 0 fully saturated rings. The summed E-state index contributed by atoms with van der Waals surface area (Å²) in [4.78, 5) is 14.2. The molecule has 108 valence electrons. The number of benzene rings is 1. The molecule has 0 bridgehead atoms. The van der Waals surface area contributed by atoms with E-state index in [4.69, 9.17) is 9.47 Å². The first kappa shape index (κ1) is 13.7. The highest BCUT2D eigenvalue weighted by atomic mass is 32.1. The van der Waals surface area contributed by atoms with Gasteiger partial charge in [-0.1, -0.05) is 0 Å². The zero-order valence-corrected chi connectivity index (χ0v) is 12.4. The predicted molar refractivity (Wildman–Crippen MR) is 84.2 cm³/mol. The van der Waals surface area contributed by atoms with Crippen molar-refractivity contribution in [3.8, 4) is 11.5 Å². The SMILES string of the molecule is Cc1ccc(C=CC(=O)Nc2ccc3c(c2)OCCO3)s1. The number of ether oxygens (including phenoxy) is 2. The van der Waals surface area contributed by atoms with Crippen LogP contribution in [0.4, 0.5) is 5.69 Å². The van der Waals surface area contributed by atoms with Crippen molar-refractivity contribution in [3.63, 3.8) is 0 Å². The molecule has 1 N–H and O–H groups in total. The lowest BCUT2D eigenvalue weighted by atomic mass is 10.2. The fourth-order valence-electron chi connectivity index (χ4n) is 2.01. The van der Waals surface area contributed by atoms with Crippen molar-refractivity contribution in [1.82, 2.24) is 0 Å². The molecule has 4 nitrogen and oxygen atoms in total. The number of anilines is 1. The molecule has 0 atom stereocenters. The number of amides is 1. The fourth-order valence-corrected chi connectivity index (χ4v) is 2.79. The van der Waals surface area contributed by atoms with Gasteiger partial charge in [-0.2, -0.15) is 0 Å². The molecule has 0 unspecified atom stereocenters. The Hall–Kier alpha value is -2.27. The second-order valence-corrected chi connectivity index (χ2v) is 5.95. The molecule has 0 saturated heterocycles. The van der Waals surface area contributed by atoms with E-state index in [1.807, 2.05) is 25.1 Å². The molecule has 1 amide bonds. The van der Waals surface area contributed by atoms with E-state index in [-0.39, 0.29) is 5.91 Å². The third kappa shape index (κ3) is 3.44. The monoisotopic (exact) mass is 301 g/mol. The predicted octanol–water partition coefficient (Wildman–Crippen LogP) is 3.48. The zero-order chi connectivity index (χ0) is 14.7. The fraction of sp³-hybridized carbons (Fsp3) is 0.188. The van der Waals surface area contributed by atoms with E-state index in [0.717, 1.165) is 4.88 Å². The molecule has 0 radical (unpaired) electrons. The van der Waals surface area contributed by atoms with Gasteiger partial charge >= 0.3 is 0 Å². The minimum absolute atomic E-state index is 0.169. The Morgan fingerprint density at radius 3 is 2.76 bits per heavy atom. The minimum atomic E-state index is -0.169. The number of thiophene rings is 1. The van der Waals surface area contributed by atoms with Gasteiger partial charge in [0.25, 0.3) is 0 Å². The van der Waals surface area contributed by atoms with Crippen molar-refractivity contribution in [3.05, 3.63) is 46.2 Å². The van der Waals surface area contributed by atoms with Gasteiger partial charge < -0.3 is 14.8 Å². The summed E-state index contributed by atoms with van der Waals surface area (Å²) in [7, 11) is 0. The van der Waals surface area contributed by atoms with Crippen molar-refractivity contribution >= 4 is 29.0 Å².